The minimum Gasteiger partial charge on any atom is -0.481 e. The third-order valence-corrected chi connectivity index (χ3v) is 4.53. The van der Waals surface area contributed by atoms with Crippen molar-refractivity contribution < 1.29 is 27.3 Å². The van der Waals surface area contributed by atoms with Crippen LogP contribution in [0.25, 0.3) is 0 Å². The molecule has 1 N–H and O–H groups in total. The zero-order valence-electron chi connectivity index (χ0n) is 8.78. The lowest BCUT2D eigenvalue weighted by molar-refractivity contribution is -0.188. The number of hydrogen-bond acceptors (Lipinski definition) is 2. The number of aliphatic carboxylic acids is 1. The highest BCUT2D eigenvalue weighted by Gasteiger charge is 2.46. The number of carboxylic acids is 1. The van der Waals surface area contributed by atoms with Gasteiger partial charge in [-0.1, -0.05) is 12.1 Å². The smallest absolute Gasteiger partial charge is 0.403 e. The number of rotatable bonds is 4. The van der Waals surface area contributed by atoms with Gasteiger partial charge in [-0.15, -0.1) is 0 Å². The van der Waals surface area contributed by atoms with Crippen molar-refractivity contribution in [3.63, 3.8) is 0 Å². The van der Waals surface area contributed by atoms with E-state index >= 15 is 0 Å². The van der Waals surface area contributed by atoms with Crippen molar-refractivity contribution in [2.24, 2.45) is 5.92 Å². The van der Waals surface area contributed by atoms with Crippen LogP contribution in [0.3, 0.4) is 0 Å². The SMILES string of the molecule is O=C(O)C(CS(=O)c1ccccc1Br)C(F)(F)F. The summed E-state index contributed by atoms with van der Waals surface area (Å²) in [5, 5.41) is 8.51. The number of carboxylic acid groups (broad SMARTS) is 1. The first-order chi connectivity index (χ1) is 8.23. The molecule has 0 saturated heterocycles. The topological polar surface area (TPSA) is 54.4 Å². The van der Waals surface area contributed by atoms with Crippen molar-refractivity contribution in [3.05, 3.63) is 28.7 Å². The second kappa shape index (κ2) is 5.83. The van der Waals surface area contributed by atoms with Gasteiger partial charge in [-0.2, -0.15) is 13.2 Å². The standard InChI is InChI=1S/C10H8BrF3O3S/c11-7-3-1-2-4-8(7)18(17)5-6(9(15)16)10(12,13)14/h1-4,6H,5H2,(H,15,16). The van der Waals surface area contributed by atoms with Gasteiger partial charge in [-0.25, -0.2) is 0 Å². The Hall–Kier alpha value is -0.890. The molecular weight excluding hydrogens is 337 g/mol. The van der Waals surface area contributed by atoms with Crippen LogP contribution in [0.1, 0.15) is 0 Å². The van der Waals surface area contributed by atoms with E-state index in [0.717, 1.165) is 0 Å². The second-order valence-electron chi connectivity index (χ2n) is 3.38. The van der Waals surface area contributed by atoms with E-state index in [9.17, 15) is 22.2 Å². The monoisotopic (exact) mass is 344 g/mol. The van der Waals surface area contributed by atoms with Crippen LogP contribution in [0, 0.1) is 5.92 Å². The van der Waals surface area contributed by atoms with Gasteiger partial charge in [0.15, 0.2) is 5.92 Å². The fourth-order valence-corrected chi connectivity index (χ4v) is 3.33. The Kier molecular flexibility index (Phi) is 4.92. The van der Waals surface area contributed by atoms with E-state index < -0.39 is 34.6 Å². The van der Waals surface area contributed by atoms with Gasteiger partial charge in [0.1, 0.15) is 0 Å². The summed E-state index contributed by atoms with van der Waals surface area (Å²) in [7, 11) is -2.04. The molecule has 2 unspecified atom stereocenters. The molecule has 0 aliphatic heterocycles. The molecule has 0 aliphatic carbocycles. The minimum atomic E-state index is -4.91. The Labute approximate surface area is 112 Å². The van der Waals surface area contributed by atoms with E-state index in [1.165, 1.54) is 18.2 Å². The van der Waals surface area contributed by atoms with Crippen LogP contribution in [-0.4, -0.2) is 27.2 Å². The third-order valence-electron chi connectivity index (χ3n) is 2.09. The summed E-state index contributed by atoms with van der Waals surface area (Å²) in [6.07, 6.45) is -4.91. The van der Waals surface area contributed by atoms with Crippen LogP contribution in [0.2, 0.25) is 0 Å². The van der Waals surface area contributed by atoms with Crippen LogP contribution >= 0.6 is 15.9 Å². The minimum absolute atomic E-state index is 0.146. The highest BCUT2D eigenvalue weighted by molar-refractivity contribution is 9.10. The fourth-order valence-electron chi connectivity index (χ4n) is 1.18. The van der Waals surface area contributed by atoms with Crippen LogP contribution in [0.4, 0.5) is 13.2 Å². The normalized spacial score (nSPS) is 15.1. The first kappa shape index (κ1) is 15.2. The van der Waals surface area contributed by atoms with Gasteiger partial charge in [-0.3, -0.25) is 9.00 Å². The van der Waals surface area contributed by atoms with Crippen LogP contribution in [0.5, 0.6) is 0 Å². The average molecular weight is 345 g/mol. The molecule has 0 saturated carbocycles. The van der Waals surface area contributed by atoms with E-state index in [0.29, 0.717) is 4.47 Å². The van der Waals surface area contributed by atoms with Crippen molar-refractivity contribution in [2.45, 2.75) is 11.1 Å². The van der Waals surface area contributed by atoms with E-state index in [1.807, 2.05) is 0 Å². The zero-order valence-corrected chi connectivity index (χ0v) is 11.2. The first-order valence-corrected chi connectivity index (χ1v) is 6.77. The highest BCUT2D eigenvalue weighted by atomic mass is 79.9. The molecule has 0 bridgehead atoms. The molecule has 0 amide bonds. The molecule has 0 radical (unpaired) electrons. The van der Waals surface area contributed by atoms with E-state index in [1.54, 1.807) is 6.07 Å². The molecule has 8 heteroatoms. The summed E-state index contributed by atoms with van der Waals surface area (Å²) in [5.74, 6) is -5.66. The first-order valence-electron chi connectivity index (χ1n) is 4.66. The summed E-state index contributed by atoms with van der Waals surface area (Å²) in [5.41, 5.74) is 0. The lowest BCUT2D eigenvalue weighted by Gasteiger charge is -2.15. The molecule has 0 aliphatic rings. The van der Waals surface area contributed by atoms with Gasteiger partial charge in [0.2, 0.25) is 0 Å². The molecule has 1 rings (SSSR count). The van der Waals surface area contributed by atoms with Crippen molar-refractivity contribution in [3.8, 4) is 0 Å². The number of halogens is 4. The Morgan fingerprint density at radius 1 is 1.39 bits per heavy atom. The van der Waals surface area contributed by atoms with Crippen LogP contribution in [-0.2, 0) is 15.6 Å². The van der Waals surface area contributed by atoms with Gasteiger partial charge in [0.05, 0.1) is 21.4 Å². The Bertz CT molecular complexity index is 476. The molecule has 100 valence electrons. The quantitative estimate of drug-likeness (QED) is 0.913. The summed E-state index contributed by atoms with van der Waals surface area (Å²) in [6, 6.07) is 6.04. The molecule has 18 heavy (non-hydrogen) atoms. The van der Waals surface area contributed by atoms with E-state index in [4.69, 9.17) is 5.11 Å². The molecule has 1 aromatic carbocycles. The molecule has 0 aromatic heterocycles. The lowest BCUT2D eigenvalue weighted by Crippen LogP contribution is -2.35. The maximum atomic E-state index is 12.4. The Balaban J connectivity index is 2.93. The third kappa shape index (κ3) is 3.81. The van der Waals surface area contributed by atoms with Gasteiger partial charge < -0.3 is 5.11 Å². The molecule has 0 heterocycles. The number of hydrogen-bond donors (Lipinski definition) is 1. The summed E-state index contributed by atoms with van der Waals surface area (Å²) in [6.45, 7) is 0. The molecule has 0 fully saturated rings. The number of benzene rings is 1. The predicted octanol–water partition coefficient (Wildman–Crippen LogP) is 2.82. The summed E-state index contributed by atoms with van der Waals surface area (Å²) < 4.78 is 49.4. The Morgan fingerprint density at radius 3 is 2.39 bits per heavy atom. The van der Waals surface area contributed by atoms with Crippen molar-refractivity contribution in [2.75, 3.05) is 5.75 Å². The van der Waals surface area contributed by atoms with Crippen molar-refractivity contribution in [1.29, 1.82) is 0 Å². The predicted molar refractivity (Wildman–Crippen MR) is 62.6 cm³/mol. The molecule has 2 atom stereocenters. The van der Waals surface area contributed by atoms with Crippen molar-refractivity contribution in [1.82, 2.24) is 0 Å². The molecule has 3 nitrogen and oxygen atoms in total. The van der Waals surface area contributed by atoms with Gasteiger partial charge in [0.25, 0.3) is 0 Å². The zero-order chi connectivity index (χ0) is 13.9. The van der Waals surface area contributed by atoms with Gasteiger partial charge >= 0.3 is 12.1 Å². The second-order valence-corrected chi connectivity index (χ2v) is 5.69. The lowest BCUT2D eigenvalue weighted by atomic mass is 10.2. The van der Waals surface area contributed by atoms with Crippen LogP contribution in [0.15, 0.2) is 33.6 Å². The average Bonchev–Trinajstić information content (AvgIpc) is 2.24. The van der Waals surface area contributed by atoms with E-state index in [2.05, 4.69) is 15.9 Å². The Morgan fingerprint density at radius 2 is 1.94 bits per heavy atom. The van der Waals surface area contributed by atoms with E-state index in [-0.39, 0.29) is 4.90 Å². The fraction of sp³-hybridized carbons (Fsp3) is 0.300. The largest absolute Gasteiger partial charge is 0.481 e. The maximum Gasteiger partial charge on any atom is 0.403 e. The number of alkyl halides is 3. The van der Waals surface area contributed by atoms with Crippen LogP contribution < -0.4 is 0 Å². The van der Waals surface area contributed by atoms with Crippen molar-refractivity contribution >= 4 is 32.7 Å². The summed E-state index contributed by atoms with van der Waals surface area (Å²) in [4.78, 5) is 10.7. The number of carbonyl (C=O) groups is 1. The van der Waals surface area contributed by atoms with Gasteiger partial charge in [-0.05, 0) is 28.1 Å². The van der Waals surface area contributed by atoms with Gasteiger partial charge in [0, 0.05) is 4.47 Å². The molecular formula is C10H8BrF3O3S. The maximum absolute atomic E-state index is 12.4. The summed E-state index contributed by atoms with van der Waals surface area (Å²) >= 11 is 3.05. The highest BCUT2D eigenvalue weighted by Crippen LogP contribution is 2.29. The molecule has 1 aromatic rings. The molecule has 0 spiro atoms.